The summed E-state index contributed by atoms with van der Waals surface area (Å²) < 4.78 is 24.7. The molecule has 1 aromatic heterocycles. The van der Waals surface area contributed by atoms with Crippen molar-refractivity contribution in [3.05, 3.63) is 62.9 Å². The van der Waals surface area contributed by atoms with E-state index in [1.165, 1.54) is 35.6 Å². The van der Waals surface area contributed by atoms with Crippen molar-refractivity contribution in [3.63, 3.8) is 0 Å². The molecule has 0 aliphatic carbocycles. The van der Waals surface area contributed by atoms with Gasteiger partial charge in [0.05, 0.1) is 15.5 Å². The smallest absolute Gasteiger partial charge is 0.238 e. The number of nitrogens with two attached hydrogens (primary N) is 1. The molecule has 0 bridgehead atoms. The van der Waals surface area contributed by atoms with E-state index in [9.17, 15) is 18.3 Å². The minimum atomic E-state index is -3.78. The molecule has 0 saturated heterocycles. The molecule has 0 atom stereocenters. The van der Waals surface area contributed by atoms with Gasteiger partial charge in [0.25, 0.3) is 0 Å². The second-order valence-electron chi connectivity index (χ2n) is 7.30. The third-order valence-corrected chi connectivity index (χ3v) is 7.31. The number of aliphatic imine (C=N–C) groups is 1. The van der Waals surface area contributed by atoms with Crippen molar-refractivity contribution in [3.8, 4) is 5.88 Å². The molecular formula is C22H20N4O4S3. The molecule has 0 unspecified atom stereocenters. The summed E-state index contributed by atoms with van der Waals surface area (Å²) in [6.45, 7) is 0.382. The maximum atomic E-state index is 12.2. The zero-order chi connectivity index (χ0) is 23.6. The van der Waals surface area contributed by atoms with Gasteiger partial charge in [-0.15, -0.1) is 11.3 Å². The third kappa shape index (κ3) is 5.28. The van der Waals surface area contributed by atoms with E-state index in [-0.39, 0.29) is 23.1 Å². The molecule has 2 heterocycles. The number of allylic oxidation sites excluding steroid dienone is 1. The molecule has 3 aromatic rings. The van der Waals surface area contributed by atoms with Gasteiger partial charge in [-0.05, 0) is 55.0 Å². The molecule has 1 aliphatic heterocycles. The van der Waals surface area contributed by atoms with Crippen LogP contribution in [0.2, 0.25) is 0 Å². The van der Waals surface area contributed by atoms with Gasteiger partial charge in [-0.3, -0.25) is 14.4 Å². The van der Waals surface area contributed by atoms with Crippen molar-refractivity contribution in [1.82, 2.24) is 4.57 Å². The van der Waals surface area contributed by atoms with Crippen molar-refractivity contribution >= 4 is 68.7 Å². The highest BCUT2D eigenvalue weighted by atomic mass is 32.2. The average molecular weight is 501 g/mol. The van der Waals surface area contributed by atoms with Gasteiger partial charge in [0, 0.05) is 36.0 Å². The van der Waals surface area contributed by atoms with Crippen LogP contribution in [0.25, 0.3) is 11.6 Å². The van der Waals surface area contributed by atoms with E-state index in [2.05, 4.69) is 10.3 Å². The van der Waals surface area contributed by atoms with E-state index >= 15 is 0 Å². The molecule has 0 spiro atoms. The second kappa shape index (κ2) is 9.40. The zero-order valence-corrected chi connectivity index (χ0v) is 19.7. The maximum Gasteiger partial charge on any atom is 0.238 e. The molecule has 4 N–H and O–H groups in total. The van der Waals surface area contributed by atoms with Crippen LogP contribution in [0, 0.1) is 3.95 Å². The van der Waals surface area contributed by atoms with Crippen LogP contribution >= 0.6 is 23.6 Å². The van der Waals surface area contributed by atoms with Crippen LogP contribution < -0.4 is 10.5 Å². The van der Waals surface area contributed by atoms with Gasteiger partial charge < -0.3 is 10.4 Å². The number of nitrogens with zero attached hydrogens (tertiary/aromatic N) is 2. The van der Waals surface area contributed by atoms with Crippen LogP contribution in [-0.2, 0) is 21.4 Å². The van der Waals surface area contributed by atoms with Gasteiger partial charge in [0.1, 0.15) is 0 Å². The summed E-state index contributed by atoms with van der Waals surface area (Å²) in [6.07, 6.45) is 4.28. The van der Waals surface area contributed by atoms with Gasteiger partial charge in [-0.25, -0.2) is 13.6 Å². The number of benzene rings is 2. The topological polar surface area (TPSA) is 127 Å². The standard InChI is InChI=1S/C22H20N4O4S3/c23-33(29,30)16-9-7-15(8-10-16)25-20(27)6-3-11-26-21(28)19(32-22(26)31)12-14-13-24-18-5-2-1-4-17(14)18/h1-2,4-5,7-10,12-13,28H,3,6,11H2,(H,25,27)(H2,23,29,30)/b14-12+. The molecule has 4 rings (SSSR count). The molecule has 11 heteroatoms. The first kappa shape index (κ1) is 23.1. The highest BCUT2D eigenvalue weighted by molar-refractivity contribution is 7.89. The van der Waals surface area contributed by atoms with Gasteiger partial charge in [0.2, 0.25) is 21.8 Å². The Hall–Kier alpha value is -3.12. The number of para-hydroxylation sites is 1. The van der Waals surface area contributed by atoms with Gasteiger partial charge >= 0.3 is 0 Å². The summed E-state index contributed by atoms with van der Waals surface area (Å²) >= 11 is 6.70. The molecule has 0 radical (unpaired) electrons. The predicted molar refractivity (Wildman–Crippen MR) is 133 cm³/mol. The normalized spacial score (nSPS) is 13.9. The van der Waals surface area contributed by atoms with Crippen LogP contribution in [0.1, 0.15) is 23.3 Å². The van der Waals surface area contributed by atoms with Gasteiger partial charge in [-0.2, -0.15) is 0 Å². The second-order valence-corrected chi connectivity index (χ2v) is 10.5. The lowest BCUT2D eigenvalue weighted by atomic mass is 10.1. The minimum Gasteiger partial charge on any atom is -0.493 e. The Kier molecular flexibility index (Phi) is 6.56. The van der Waals surface area contributed by atoms with Crippen LogP contribution in [-0.4, -0.2) is 30.2 Å². The number of primary sulfonamides is 1. The van der Waals surface area contributed by atoms with E-state index in [4.69, 9.17) is 17.4 Å². The van der Waals surface area contributed by atoms with Crippen LogP contribution in [0.15, 0.2) is 58.4 Å². The molecular weight excluding hydrogens is 480 g/mol. The Morgan fingerprint density at radius 1 is 1.21 bits per heavy atom. The summed E-state index contributed by atoms with van der Waals surface area (Å²) in [4.78, 5) is 17.2. The lowest BCUT2D eigenvalue weighted by molar-refractivity contribution is -0.116. The number of carbonyl (C=O) groups excluding carboxylic acids is 1. The number of sulfonamides is 1. The number of anilines is 1. The molecule has 0 fully saturated rings. The third-order valence-electron chi connectivity index (χ3n) is 4.99. The average Bonchev–Trinajstić information content (AvgIpc) is 3.29. The van der Waals surface area contributed by atoms with E-state index in [0.29, 0.717) is 27.5 Å². The minimum absolute atomic E-state index is 0.0269. The van der Waals surface area contributed by atoms with Crippen molar-refractivity contribution < 1.29 is 18.3 Å². The fourth-order valence-electron chi connectivity index (χ4n) is 3.35. The van der Waals surface area contributed by atoms with E-state index in [0.717, 1.165) is 16.8 Å². The predicted octanol–water partition coefficient (Wildman–Crippen LogP) is 4.31. The Balaban J connectivity index is 1.37. The Bertz CT molecular complexity index is 1440. The number of thiazole rings is 1. The molecule has 170 valence electrons. The molecule has 1 aliphatic rings. The lowest BCUT2D eigenvalue weighted by Crippen LogP contribution is -2.14. The van der Waals surface area contributed by atoms with Crippen molar-refractivity contribution in [1.29, 1.82) is 0 Å². The Morgan fingerprint density at radius 3 is 2.67 bits per heavy atom. The summed E-state index contributed by atoms with van der Waals surface area (Å²) in [5.74, 6) is -0.171. The fraction of sp³-hybridized carbons (Fsp3) is 0.136. The number of fused-ring (bicyclic) bond motifs is 1. The number of hydrogen-bond acceptors (Lipinski definition) is 7. The quantitative estimate of drug-likeness (QED) is 0.417. The zero-order valence-electron chi connectivity index (χ0n) is 17.3. The lowest BCUT2D eigenvalue weighted by Gasteiger charge is -2.07. The summed E-state index contributed by atoms with van der Waals surface area (Å²) in [7, 11) is -3.78. The summed E-state index contributed by atoms with van der Waals surface area (Å²) in [5, 5.41) is 18.4. The van der Waals surface area contributed by atoms with E-state index in [1.54, 1.807) is 10.8 Å². The van der Waals surface area contributed by atoms with Crippen LogP contribution in [0.5, 0.6) is 5.88 Å². The first-order chi connectivity index (χ1) is 15.7. The number of hydrogen-bond donors (Lipinski definition) is 3. The molecule has 33 heavy (non-hydrogen) atoms. The van der Waals surface area contributed by atoms with Crippen LogP contribution in [0.3, 0.4) is 0 Å². The number of amides is 1. The SMILES string of the molecule is NS(=O)(=O)c1ccc(NC(=O)CCCn2c(O)c(/C=C3\C=Nc4ccccc43)sc2=S)cc1. The molecule has 1 amide bonds. The molecule has 0 saturated carbocycles. The van der Waals surface area contributed by atoms with Crippen molar-refractivity contribution in [2.24, 2.45) is 10.1 Å². The first-order valence-corrected chi connectivity index (χ1v) is 12.7. The number of aromatic nitrogens is 1. The van der Waals surface area contributed by atoms with E-state index in [1.807, 2.05) is 30.3 Å². The maximum absolute atomic E-state index is 12.2. The number of rotatable bonds is 7. The number of nitrogens with one attached hydrogen (secondary N) is 1. The van der Waals surface area contributed by atoms with E-state index < -0.39 is 10.0 Å². The summed E-state index contributed by atoms with van der Waals surface area (Å²) in [5.41, 5.74) is 3.25. The van der Waals surface area contributed by atoms with Crippen molar-refractivity contribution in [2.75, 3.05) is 5.32 Å². The Morgan fingerprint density at radius 2 is 1.94 bits per heavy atom. The fourth-order valence-corrected chi connectivity index (χ4v) is 5.18. The van der Waals surface area contributed by atoms with Crippen molar-refractivity contribution in [2.45, 2.75) is 24.3 Å². The Labute approximate surface area is 199 Å². The monoisotopic (exact) mass is 500 g/mol. The highest BCUT2D eigenvalue weighted by Gasteiger charge is 2.15. The van der Waals surface area contributed by atoms with Crippen LogP contribution in [0.4, 0.5) is 11.4 Å². The number of carbonyl (C=O) groups is 1. The first-order valence-electron chi connectivity index (χ1n) is 9.93. The summed E-state index contributed by atoms with van der Waals surface area (Å²) in [6, 6.07) is 13.4. The molecule has 2 aromatic carbocycles. The number of aromatic hydroxyl groups is 1. The van der Waals surface area contributed by atoms with Gasteiger partial charge in [0.15, 0.2) is 3.95 Å². The highest BCUT2D eigenvalue weighted by Crippen LogP contribution is 2.35. The molecule has 8 nitrogen and oxygen atoms in total. The van der Waals surface area contributed by atoms with Gasteiger partial charge in [-0.1, -0.05) is 18.2 Å². The largest absolute Gasteiger partial charge is 0.493 e.